The molecule has 0 saturated heterocycles. The highest BCUT2D eigenvalue weighted by atomic mass is 16.7. The molecule has 94 valence electrons. The average Bonchev–Trinajstić information content (AvgIpc) is 2.45. The van der Waals surface area contributed by atoms with Gasteiger partial charge < -0.3 is 14.6 Å². The molecule has 2 aromatic carbocycles. The first-order valence-corrected chi connectivity index (χ1v) is 5.76. The predicted octanol–water partition coefficient (Wildman–Crippen LogP) is 2.75. The Morgan fingerprint density at radius 1 is 1.00 bits per heavy atom. The zero-order valence-electron chi connectivity index (χ0n) is 10.2. The van der Waals surface area contributed by atoms with Crippen molar-refractivity contribution < 1.29 is 14.6 Å². The van der Waals surface area contributed by atoms with Gasteiger partial charge in [0.15, 0.2) is 6.79 Å². The number of para-hydroxylation sites is 1. The topological polar surface area (TPSA) is 38.7 Å². The highest BCUT2D eigenvalue weighted by Crippen LogP contribution is 2.29. The van der Waals surface area contributed by atoms with Crippen molar-refractivity contribution in [3.8, 4) is 5.75 Å². The minimum Gasteiger partial charge on any atom is -0.467 e. The highest BCUT2D eigenvalue weighted by Gasteiger charge is 2.14. The van der Waals surface area contributed by atoms with E-state index in [1.165, 1.54) is 0 Å². The third-order valence-electron chi connectivity index (χ3n) is 2.66. The maximum atomic E-state index is 10.4. The van der Waals surface area contributed by atoms with Crippen LogP contribution in [-0.4, -0.2) is 19.0 Å². The van der Waals surface area contributed by atoms with E-state index in [4.69, 9.17) is 9.47 Å². The summed E-state index contributed by atoms with van der Waals surface area (Å²) in [5.74, 6) is 0.635. The molecule has 2 aromatic rings. The zero-order chi connectivity index (χ0) is 12.8. The van der Waals surface area contributed by atoms with Crippen molar-refractivity contribution in [1.82, 2.24) is 0 Å². The maximum Gasteiger partial charge on any atom is 0.188 e. The molecule has 0 aromatic heterocycles. The van der Waals surface area contributed by atoms with E-state index >= 15 is 0 Å². The standard InChI is InChI=1S/C15H16O3/c1-17-11-18-14-10-6-5-9-13(14)15(16)12-7-3-2-4-8-12/h2-10,15-16H,11H2,1H3. The average molecular weight is 244 g/mol. The fraction of sp³-hybridized carbons (Fsp3) is 0.200. The molecule has 0 amide bonds. The van der Waals surface area contributed by atoms with Gasteiger partial charge >= 0.3 is 0 Å². The van der Waals surface area contributed by atoms with Gasteiger partial charge in [0.05, 0.1) is 0 Å². The number of aliphatic hydroxyl groups is 1. The van der Waals surface area contributed by atoms with Crippen LogP contribution in [0.5, 0.6) is 5.75 Å². The lowest BCUT2D eigenvalue weighted by Crippen LogP contribution is -2.05. The van der Waals surface area contributed by atoms with E-state index in [0.29, 0.717) is 5.75 Å². The molecule has 0 aliphatic heterocycles. The molecular formula is C15H16O3. The van der Waals surface area contributed by atoms with Crippen LogP contribution in [0.2, 0.25) is 0 Å². The first kappa shape index (κ1) is 12.6. The van der Waals surface area contributed by atoms with E-state index < -0.39 is 6.10 Å². The molecule has 3 nitrogen and oxygen atoms in total. The zero-order valence-corrected chi connectivity index (χ0v) is 10.2. The fourth-order valence-corrected chi connectivity index (χ4v) is 1.78. The Hall–Kier alpha value is -1.84. The SMILES string of the molecule is COCOc1ccccc1C(O)c1ccccc1. The summed E-state index contributed by atoms with van der Waals surface area (Å²) in [5, 5.41) is 10.4. The number of rotatable bonds is 5. The molecule has 1 atom stereocenters. The Morgan fingerprint density at radius 2 is 1.67 bits per heavy atom. The van der Waals surface area contributed by atoms with Gasteiger partial charge in [0, 0.05) is 12.7 Å². The molecule has 0 bridgehead atoms. The molecule has 3 heteroatoms. The Kier molecular flexibility index (Phi) is 4.34. The third kappa shape index (κ3) is 2.88. The second kappa shape index (κ2) is 6.19. The number of benzene rings is 2. The van der Waals surface area contributed by atoms with Crippen LogP contribution in [0.25, 0.3) is 0 Å². The summed E-state index contributed by atoms with van der Waals surface area (Å²) in [6, 6.07) is 16.9. The first-order valence-electron chi connectivity index (χ1n) is 5.76. The van der Waals surface area contributed by atoms with E-state index in [9.17, 15) is 5.11 Å². The Bertz CT molecular complexity index is 482. The molecule has 0 fully saturated rings. The molecule has 1 N–H and O–H groups in total. The quantitative estimate of drug-likeness (QED) is 0.822. The largest absolute Gasteiger partial charge is 0.467 e. The predicted molar refractivity (Wildman–Crippen MR) is 69.4 cm³/mol. The van der Waals surface area contributed by atoms with Gasteiger partial charge in [-0.2, -0.15) is 0 Å². The molecule has 0 heterocycles. The van der Waals surface area contributed by atoms with Crippen molar-refractivity contribution in [3.05, 3.63) is 65.7 Å². The molecule has 18 heavy (non-hydrogen) atoms. The Labute approximate surface area is 107 Å². The number of aliphatic hydroxyl groups excluding tert-OH is 1. The molecule has 2 rings (SSSR count). The minimum absolute atomic E-state index is 0.165. The van der Waals surface area contributed by atoms with Crippen LogP contribution < -0.4 is 4.74 Å². The van der Waals surface area contributed by atoms with Crippen LogP contribution in [0.1, 0.15) is 17.2 Å². The van der Waals surface area contributed by atoms with Crippen LogP contribution >= 0.6 is 0 Å². The smallest absolute Gasteiger partial charge is 0.188 e. The third-order valence-corrected chi connectivity index (χ3v) is 2.66. The van der Waals surface area contributed by atoms with Crippen molar-refractivity contribution in [1.29, 1.82) is 0 Å². The van der Waals surface area contributed by atoms with E-state index in [1.54, 1.807) is 7.11 Å². The number of ether oxygens (including phenoxy) is 2. The van der Waals surface area contributed by atoms with E-state index in [1.807, 2.05) is 54.6 Å². The second-order valence-corrected chi connectivity index (χ2v) is 3.90. The number of hydrogen-bond donors (Lipinski definition) is 1. The van der Waals surface area contributed by atoms with Gasteiger partial charge in [0.25, 0.3) is 0 Å². The normalized spacial score (nSPS) is 12.1. The molecule has 0 aliphatic carbocycles. The minimum atomic E-state index is -0.695. The second-order valence-electron chi connectivity index (χ2n) is 3.90. The molecule has 0 aliphatic rings. The maximum absolute atomic E-state index is 10.4. The Morgan fingerprint density at radius 3 is 2.39 bits per heavy atom. The Balaban J connectivity index is 2.27. The number of hydrogen-bond acceptors (Lipinski definition) is 3. The van der Waals surface area contributed by atoms with Crippen LogP contribution in [0.15, 0.2) is 54.6 Å². The lowest BCUT2D eigenvalue weighted by Gasteiger charge is -2.16. The van der Waals surface area contributed by atoms with Crippen molar-refractivity contribution in [2.75, 3.05) is 13.9 Å². The molecular weight excluding hydrogens is 228 g/mol. The summed E-state index contributed by atoms with van der Waals surface area (Å²) in [6.07, 6.45) is -0.695. The summed E-state index contributed by atoms with van der Waals surface area (Å²) >= 11 is 0. The van der Waals surface area contributed by atoms with Gasteiger partial charge in [0.1, 0.15) is 11.9 Å². The fourth-order valence-electron chi connectivity index (χ4n) is 1.78. The van der Waals surface area contributed by atoms with Gasteiger partial charge in [-0.15, -0.1) is 0 Å². The van der Waals surface area contributed by atoms with Crippen molar-refractivity contribution in [3.63, 3.8) is 0 Å². The summed E-state index contributed by atoms with van der Waals surface area (Å²) in [4.78, 5) is 0. The van der Waals surface area contributed by atoms with Crippen LogP contribution in [0, 0.1) is 0 Å². The van der Waals surface area contributed by atoms with Crippen molar-refractivity contribution in [2.45, 2.75) is 6.10 Å². The van der Waals surface area contributed by atoms with Crippen LogP contribution in [-0.2, 0) is 4.74 Å². The number of methoxy groups -OCH3 is 1. The van der Waals surface area contributed by atoms with Gasteiger partial charge in [-0.3, -0.25) is 0 Å². The van der Waals surface area contributed by atoms with E-state index in [-0.39, 0.29) is 6.79 Å². The first-order chi connectivity index (χ1) is 8.83. The van der Waals surface area contributed by atoms with E-state index in [2.05, 4.69) is 0 Å². The monoisotopic (exact) mass is 244 g/mol. The van der Waals surface area contributed by atoms with Crippen molar-refractivity contribution >= 4 is 0 Å². The van der Waals surface area contributed by atoms with Gasteiger partial charge in [-0.1, -0.05) is 48.5 Å². The lowest BCUT2D eigenvalue weighted by molar-refractivity contribution is 0.0488. The molecule has 1 unspecified atom stereocenters. The summed E-state index contributed by atoms with van der Waals surface area (Å²) in [5.41, 5.74) is 1.58. The van der Waals surface area contributed by atoms with Crippen molar-refractivity contribution in [2.24, 2.45) is 0 Å². The summed E-state index contributed by atoms with van der Waals surface area (Å²) in [7, 11) is 1.57. The molecule has 0 spiro atoms. The summed E-state index contributed by atoms with van der Waals surface area (Å²) in [6.45, 7) is 0.165. The molecule has 0 saturated carbocycles. The molecule has 0 radical (unpaired) electrons. The van der Waals surface area contributed by atoms with Crippen LogP contribution in [0.3, 0.4) is 0 Å². The van der Waals surface area contributed by atoms with E-state index in [0.717, 1.165) is 11.1 Å². The van der Waals surface area contributed by atoms with Gasteiger partial charge in [0.2, 0.25) is 0 Å². The summed E-state index contributed by atoms with van der Waals surface area (Å²) < 4.78 is 10.3. The van der Waals surface area contributed by atoms with Gasteiger partial charge in [-0.25, -0.2) is 0 Å². The van der Waals surface area contributed by atoms with Gasteiger partial charge in [-0.05, 0) is 11.6 Å². The lowest BCUT2D eigenvalue weighted by atomic mass is 10.0. The van der Waals surface area contributed by atoms with Crippen LogP contribution in [0.4, 0.5) is 0 Å². The highest BCUT2D eigenvalue weighted by molar-refractivity contribution is 5.40.